The lowest BCUT2D eigenvalue weighted by Crippen LogP contribution is -1.95. The van der Waals surface area contributed by atoms with Crippen molar-refractivity contribution < 1.29 is 9.90 Å². The van der Waals surface area contributed by atoms with E-state index < -0.39 is 5.97 Å². The summed E-state index contributed by atoms with van der Waals surface area (Å²) >= 11 is 0. The molecule has 0 aliphatic carbocycles. The molecule has 1 N–H and O–H groups in total. The van der Waals surface area contributed by atoms with E-state index in [1.54, 1.807) is 12.1 Å². The number of rotatable bonds is 2. The van der Waals surface area contributed by atoms with Crippen molar-refractivity contribution in [2.75, 3.05) is 0 Å². The number of fused-ring (bicyclic) bond motifs is 2. The fourth-order valence-corrected chi connectivity index (χ4v) is 3.32. The molecule has 0 aromatic heterocycles. The van der Waals surface area contributed by atoms with Crippen LogP contribution in [0.3, 0.4) is 0 Å². The van der Waals surface area contributed by atoms with E-state index in [1.165, 1.54) is 27.5 Å². The molecule has 4 aromatic rings. The highest BCUT2D eigenvalue weighted by molar-refractivity contribution is 5.96. The highest BCUT2D eigenvalue weighted by Crippen LogP contribution is 2.30. The second-order valence-corrected chi connectivity index (χ2v) is 6.53. The van der Waals surface area contributed by atoms with Gasteiger partial charge in [0.05, 0.1) is 5.56 Å². The van der Waals surface area contributed by atoms with Crippen molar-refractivity contribution in [3.63, 3.8) is 0 Å². The quantitative estimate of drug-likeness (QED) is 0.492. The Morgan fingerprint density at radius 1 is 0.720 bits per heavy atom. The lowest BCUT2D eigenvalue weighted by atomic mass is 9.95. The Balaban J connectivity index is 1.86. The Morgan fingerprint density at radius 3 is 2.08 bits per heavy atom. The number of carboxylic acids is 1. The second kappa shape index (κ2) is 5.75. The molecule has 0 atom stereocenters. The van der Waals surface area contributed by atoms with Gasteiger partial charge in [-0.15, -0.1) is 0 Å². The van der Waals surface area contributed by atoms with Crippen LogP contribution in [0.25, 0.3) is 32.7 Å². The Labute approximate surface area is 146 Å². The van der Waals surface area contributed by atoms with E-state index in [-0.39, 0.29) is 0 Å². The Bertz CT molecular complexity index is 1140. The number of hydrogen-bond donors (Lipinski definition) is 1. The van der Waals surface area contributed by atoms with Crippen LogP contribution in [-0.2, 0) is 0 Å². The predicted octanol–water partition coefficient (Wildman–Crippen LogP) is 5.98. The Morgan fingerprint density at radius 2 is 1.32 bits per heavy atom. The fourth-order valence-electron chi connectivity index (χ4n) is 3.32. The van der Waals surface area contributed by atoms with Crippen molar-refractivity contribution in [2.45, 2.75) is 13.8 Å². The van der Waals surface area contributed by atoms with E-state index in [9.17, 15) is 4.79 Å². The molecule has 2 heteroatoms. The third-order valence-corrected chi connectivity index (χ3v) is 4.98. The van der Waals surface area contributed by atoms with Crippen molar-refractivity contribution in [3.05, 3.63) is 83.4 Å². The largest absolute Gasteiger partial charge is 0.478 e. The highest BCUT2D eigenvalue weighted by atomic mass is 16.4. The third kappa shape index (κ3) is 2.66. The van der Waals surface area contributed by atoms with Crippen LogP contribution in [0.1, 0.15) is 21.5 Å². The molecular weight excluding hydrogens is 308 g/mol. The van der Waals surface area contributed by atoms with Gasteiger partial charge in [-0.25, -0.2) is 4.79 Å². The van der Waals surface area contributed by atoms with E-state index in [1.807, 2.05) is 12.1 Å². The predicted molar refractivity (Wildman–Crippen MR) is 103 cm³/mol. The minimum atomic E-state index is -0.897. The van der Waals surface area contributed by atoms with Crippen molar-refractivity contribution in [1.29, 1.82) is 0 Å². The van der Waals surface area contributed by atoms with Crippen LogP contribution in [0, 0.1) is 13.8 Å². The monoisotopic (exact) mass is 326 g/mol. The number of hydrogen-bond acceptors (Lipinski definition) is 1. The number of carbonyl (C=O) groups is 1. The molecule has 0 bridgehead atoms. The maximum atomic E-state index is 11.1. The standard InChI is InChI=1S/C23H18O2/c1-14-3-4-16-5-6-20(13-22(16)15(14)2)18-7-8-19-12-21(23(24)25)10-9-17(19)11-18/h3-13H,1-2H3,(H,24,25). The summed E-state index contributed by atoms with van der Waals surface area (Å²) in [7, 11) is 0. The summed E-state index contributed by atoms with van der Waals surface area (Å²) in [5.74, 6) is -0.897. The molecule has 4 rings (SSSR count). The smallest absolute Gasteiger partial charge is 0.335 e. The van der Waals surface area contributed by atoms with E-state index >= 15 is 0 Å². The molecule has 0 unspecified atom stereocenters. The van der Waals surface area contributed by atoms with Crippen molar-refractivity contribution in [1.82, 2.24) is 0 Å². The molecule has 0 aliphatic rings. The minimum Gasteiger partial charge on any atom is -0.478 e. The number of aromatic carboxylic acids is 1. The van der Waals surface area contributed by atoms with Crippen LogP contribution in [-0.4, -0.2) is 11.1 Å². The van der Waals surface area contributed by atoms with Gasteiger partial charge in [0.2, 0.25) is 0 Å². The molecule has 0 radical (unpaired) electrons. The summed E-state index contributed by atoms with van der Waals surface area (Å²) in [5.41, 5.74) is 5.23. The summed E-state index contributed by atoms with van der Waals surface area (Å²) in [5, 5.41) is 13.6. The average molecular weight is 326 g/mol. The Hall–Kier alpha value is -3.13. The van der Waals surface area contributed by atoms with Gasteiger partial charge in [-0.1, -0.05) is 42.5 Å². The van der Waals surface area contributed by atoms with E-state index in [2.05, 4.69) is 56.3 Å². The Kier molecular flexibility index (Phi) is 3.54. The number of aryl methyl sites for hydroxylation is 2. The van der Waals surface area contributed by atoms with Crippen LogP contribution < -0.4 is 0 Å². The van der Waals surface area contributed by atoms with E-state index in [0.717, 1.165) is 16.3 Å². The van der Waals surface area contributed by atoms with Crippen molar-refractivity contribution in [2.24, 2.45) is 0 Å². The van der Waals surface area contributed by atoms with Gasteiger partial charge in [-0.2, -0.15) is 0 Å². The SMILES string of the molecule is Cc1ccc2ccc(-c3ccc4cc(C(=O)O)ccc4c3)cc2c1C. The summed E-state index contributed by atoms with van der Waals surface area (Å²) in [6.45, 7) is 4.30. The minimum absolute atomic E-state index is 0.317. The lowest BCUT2D eigenvalue weighted by Gasteiger charge is -2.10. The van der Waals surface area contributed by atoms with Crippen LogP contribution in [0.15, 0.2) is 66.7 Å². The van der Waals surface area contributed by atoms with Gasteiger partial charge in [0.15, 0.2) is 0 Å². The molecule has 25 heavy (non-hydrogen) atoms. The van der Waals surface area contributed by atoms with Crippen LogP contribution in [0.2, 0.25) is 0 Å². The van der Waals surface area contributed by atoms with E-state index in [4.69, 9.17) is 5.11 Å². The van der Waals surface area contributed by atoms with Gasteiger partial charge >= 0.3 is 5.97 Å². The summed E-state index contributed by atoms with van der Waals surface area (Å²) < 4.78 is 0. The molecule has 0 fully saturated rings. The molecule has 0 spiro atoms. The second-order valence-electron chi connectivity index (χ2n) is 6.53. The van der Waals surface area contributed by atoms with Gasteiger partial charge < -0.3 is 5.11 Å². The first kappa shape index (κ1) is 15.4. The molecule has 0 saturated carbocycles. The summed E-state index contributed by atoms with van der Waals surface area (Å²) in [6, 6.07) is 22.3. The van der Waals surface area contributed by atoms with Crippen LogP contribution in [0.4, 0.5) is 0 Å². The first-order valence-electron chi connectivity index (χ1n) is 8.30. The van der Waals surface area contributed by atoms with Gasteiger partial charge in [0, 0.05) is 0 Å². The molecular formula is C23H18O2. The zero-order chi connectivity index (χ0) is 17.6. The summed E-state index contributed by atoms with van der Waals surface area (Å²) in [4.78, 5) is 11.1. The normalized spacial score (nSPS) is 11.1. The zero-order valence-electron chi connectivity index (χ0n) is 14.2. The van der Waals surface area contributed by atoms with Crippen molar-refractivity contribution >= 4 is 27.5 Å². The van der Waals surface area contributed by atoms with Crippen LogP contribution >= 0.6 is 0 Å². The first-order chi connectivity index (χ1) is 12.0. The zero-order valence-corrected chi connectivity index (χ0v) is 14.2. The van der Waals surface area contributed by atoms with Gasteiger partial charge in [-0.3, -0.25) is 0 Å². The molecule has 4 aromatic carbocycles. The molecule has 0 heterocycles. The maximum Gasteiger partial charge on any atom is 0.335 e. The molecule has 0 saturated heterocycles. The van der Waals surface area contributed by atoms with Gasteiger partial charge in [-0.05, 0) is 81.9 Å². The molecule has 2 nitrogen and oxygen atoms in total. The van der Waals surface area contributed by atoms with E-state index in [0.29, 0.717) is 5.56 Å². The third-order valence-electron chi connectivity index (χ3n) is 4.98. The van der Waals surface area contributed by atoms with Crippen molar-refractivity contribution in [3.8, 4) is 11.1 Å². The first-order valence-corrected chi connectivity index (χ1v) is 8.30. The van der Waals surface area contributed by atoms with Crippen LogP contribution in [0.5, 0.6) is 0 Å². The highest BCUT2D eigenvalue weighted by Gasteiger charge is 2.07. The van der Waals surface area contributed by atoms with Gasteiger partial charge in [0.25, 0.3) is 0 Å². The lowest BCUT2D eigenvalue weighted by molar-refractivity contribution is 0.0697. The fraction of sp³-hybridized carbons (Fsp3) is 0.0870. The average Bonchev–Trinajstić information content (AvgIpc) is 2.63. The number of carboxylic acid groups (broad SMARTS) is 1. The summed E-state index contributed by atoms with van der Waals surface area (Å²) in [6.07, 6.45) is 0. The topological polar surface area (TPSA) is 37.3 Å². The molecule has 122 valence electrons. The maximum absolute atomic E-state index is 11.1. The molecule has 0 aliphatic heterocycles. The number of benzene rings is 4. The molecule has 0 amide bonds. The van der Waals surface area contributed by atoms with Gasteiger partial charge in [0.1, 0.15) is 0 Å².